The molecule has 9 heavy (non-hydrogen) atoms. The predicted molar refractivity (Wildman–Crippen MR) is 32.1 cm³/mol. The van der Waals surface area contributed by atoms with Crippen LogP contribution in [0.5, 0.6) is 0 Å². The highest BCUT2D eigenvalue weighted by atomic mass is 16.1. The van der Waals surface area contributed by atoms with Crippen LogP contribution < -0.4 is 5.69 Å². The minimum Gasteiger partial charge on any atom is -0.294 e. The minimum atomic E-state index is -0.412. The van der Waals surface area contributed by atoms with Crippen molar-refractivity contribution in [3.05, 3.63) is 22.6 Å². The van der Waals surface area contributed by atoms with Crippen molar-refractivity contribution in [3.8, 4) is 0 Å². The Kier molecular flexibility index (Phi) is 1.62. The summed E-state index contributed by atoms with van der Waals surface area (Å²) in [6.07, 6.45) is 1.42. The first-order valence-corrected chi connectivity index (χ1v) is 2.43. The van der Waals surface area contributed by atoms with Gasteiger partial charge < -0.3 is 0 Å². The van der Waals surface area contributed by atoms with Crippen LogP contribution in [0.25, 0.3) is 0 Å². The Morgan fingerprint density at radius 3 is 2.89 bits per heavy atom. The monoisotopic (exact) mass is 121 g/mol. The lowest BCUT2D eigenvalue weighted by atomic mass is 10.1. The van der Waals surface area contributed by atoms with E-state index in [-0.39, 0.29) is 6.32 Å². The normalized spacial score (nSPS) is 9.33. The number of H-pyrrole nitrogens is 1. The smallest absolute Gasteiger partial charge is 0.294 e. The summed E-state index contributed by atoms with van der Waals surface area (Å²) in [6.45, 7) is 0. The molecule has 1 N–H and O–H groups in total. The summed E-state index contributed by atoms with van der Waals surface area (Å²) in [5.41, 5.74) is -0.412. The second-order valence-corrected chi connectivity index (χ2v) is 1.45. The molecule has 0 atom stereocenters. The Morgan fingerprint density at radius 1 is 1.67 bits per heavy atom. The van der Waals surface area contributed by atoms with E-state index in [1.54, 1.807) is 0 Å². The molecule has 0 saturated carbocycles. The molecule has 0 aromatic carbocycles. The van der Waals surface area contributed by atoms with Crippen LogP contribution in [0, 0.1) is 0 Å². The Balaban J connectivity index is 3.08. The van der Waals surface area contributed by atoms with E-state index in [0.717, 1.165) is 0 Å². The molecule has 0 bridgehead atoms. The van der Waals surface area contributed by atoms with Crippen LogP contribution in [0.4, 0.5) is 0 Å². The third kappa shape index (κ3) is 1.38. The molecule has 1 aromatic heterocycles. The Labute approximate surface area is 52.8 Å². The lowest BCUT2D eigenvalue weighted by Gasteiger charge is -1.89. The number of hydrogen-bond donors (Lipinski definition) is 1. The van der Waals surface area contributed by atoms with Crippen molar-refractivity contribution in [1.29, 1.82) is 0 Å². The van der Waals surface area contributed by atoms with Gasteiger partial charge in [0, 0.05) is 0 Å². The van der Waals surface area contributed by atoms with E-state index in [0.29, 0.717) is 5.82 Å². The molecule has 0 unspecified atom stereocenters. The standard InChI is InChI=1S/C4H4BN3O/c5-1-3-6-2-7-4(9)8-3/h2H,1H2,(H,6,7,8,9). The van der Waals surface area contributed by atoms with Gasteiger partial charge in [-0.25, -0.2) is 9.78 Å². The maximum atomic E-state index is 10.4. The molecule has 5 heteroatoms. The number of rotatable bonds is 1. The Hall–Kier alpha value is -1.13. The van der Waals surface area contributed by atoms with E-state index in [9.17, 15) is 4.79 Å². The first-order valence-electron chi connectivity index (χ1n) is 2.43. The van der Waals surface area contributed by atoms with Crippen molar-refractivity contribution in [1.82, 2.24) is 15.0 Å². The molecular weight excluding hydrogens is 117 g/mol. The summed E-state index contributed by atoms with van der Waals surface area (Å²) in [5.74, 6) is 0.454. The highest BCUT2D eigenvalue weighted by Gasteiger charge is 1.87. The van der Waals surface area contributed by atoms with E-state index >= 15 is 0 Å². The molecule has 1 aromatic rings. The second kappa shape index (κ2) is 2.43. The van der Waals surface area contributed by atoms with Crippen LogP contribution in [0.2, 0.25) is 0 Å². The van der Waals surface area contributed by atoms with Crippen LogP contribution in [0.3, 0.4) is 0 Å². The van der Waals surface area contributed by atoms with Crippen molar-refractivity contribution < 1.29 is 0 Å². The van der Waals surface area contributed by atoms with Crippen molar-refractivity contribution >= 4 is 7.85 Å². The van der Waals surface area contributed by atoms with Crippen molar-refractivity contribution in [3.63, 3.8) is 0 Å². The van der Waals surface area contributed by atoms with E-state index in [4.69, 9.17) is 7.85 Å². The van der Waals surface area contributed by atoms with Crippen molar-refractivity contribution in [2.24, 2.45) is 0 Å². The molecule has 0 aliphatic rings. The Bertz CT molecular complexity index is 246. The van der Waals surface area contributed by atoms with Crippen molar-refractivity contribution in [2.45, 2.75) is 6.32 Å². The SMILES string of the molecule is [B]Cc1ncnc(=O)[nH]1. The Morgan fingerprint density at radius 2 is 2.44 bits per heavy atom. The summed E-state index contributed by atoms with van der Waals surface area (Å²) in [6, 6.07) is 0. The average molecular weight is 121 g/mol. The van der Waals surface area contributed by atoms with E-state index < -0.39 is 5.69 Å². The van der Waals surface area contributed by atoms with E-state index in [1.807, 2.05) is 0 Å². The first kappa shape index (κ1) is 6.00. The molecule has 0 spiro atoms. The van der Waals surface area contributed by atoms with Gasteiger partial charge in [-0.15, -0.1) is 0 Å². The van der Waals surface area contributed by atoms with Gasteiger partial charge in [-0.1, -0.05) is 0 Å². The van der Waals surface area contributed by atoms with Crippen molar-refractivity contribution in [2.75, 3.05) is 0 Å². The summed E-state index contributed by atoms with van der Waals surface area (Å²) in [5, 5.41) is 0. The van der Waals surface area contributed by atoms with Gasteiger partial charge in [-0.2, -0.15) is 4.98 Å². The van der Waals surface area contributed by atoms with Gasteiger partial charge in [-0.05, 0) is 6.32 Å². The fourth-order valence-corrected chi connectivity index (χ4v) is 0.443. The van der Waals surface area contributed by atoms with Crippen LogP contribution in [-0.2, 0) is 6.32 Å². The van der Waals surface area contributed by atoms with E-state index in [1.165, 1.54) is 6.33 Å². The van der Waals surface area contributed by atoms with Gasteiger partial charge in [0.1, 0.15) is 12.2 Å². The zero-order valence-corrected chi connectivity index (χ0v) is 4.66. The van der Waals surface area contributed by atoms with E-state index in [2.05, 4.69) is 15.0 Å². The van der Waals surface area contributed by atoms with Crippen LogP contribution in [0.15, 0.2) is 11.1 Å². The number of nitrogens with one attached hydrogen (secondary N) is 1. The molecule has 0 aliphatic heterocycles. The maximum absolute atomic E-state index is 10.4. The summed E-state index contributed by atoms with van der Waals surface area (Å²) < 4.78 is 0. The minimum absolute atomic E-state index is 0.234. The highest BCUT2D eigenvalue weighted by Crippen LogP contribution is 1.76. The number of aromatic amines is 1. The quantitative estimate of drug-likeness (QED) is 0.476. The second-order valence-electron chi connectivity index (χ2n) is 1.45. The first-order chi connectivity index (χ1) is 4.33. The zero-order chi connectivity index (χ0) is 6.69. The number of hydrogen-bond acceptors (Lipinski definition) is 3. The van der Waals surface area contributed by atoms with Crippen LogP contribution >= 0.6 is 0 Å². The molecule has 2 radical (unpaired) electrons. The lowest BCUT2D eigenvalue weighted by molar-refractivity contribution is 0.913. The van der Waals surface area contributed by atoms with Crippen LogP contribution in [-0.4, -0.2) is 22.8 Å². The molecule has 1 rings (SSSR count). The fourth-order valence-electron chi connectivity index (χ4n) is 0.443. The molecule has 0 amide bonds. The molecular formula is C4H4BN3O. The van der Waals surface area contributed by atoms with Gasteiger partial charge >= 0.3 is 5.69 Å². The fraction of sp³-hybridized carbons (Fsp3) is 0.250. The summed E-state index contributed by atoms with van der Waals surface area (Å²) >= 11 is 0. The molecule has 44 valence electrons. The molecule has 1 heterocycles. The lowest BCUT2D eigenvalue weighted by Crippen LogP contribution is -2.13. The summed E-state index contributed by atoms with van der Waals surface area (Å²) in [7, 11) is 5.16. The third-order valence-electron chi connectivity index (χ3n) is 0.833. The van der Waals surface area contributed by atoms with Gasteiger partial charge in [0.2, 0.25) is 0 Å². The van der Waals surface area contributed by atoms with Gasteiger partial charge in [0.25, 0.3) is 0 Å². The largest absolute Gasteiger partial charge is 0.347 e. The molecule has 0 aliphatic carbocycles. The predicted octanol–water partition coefficient (Wildman–Crippen LogP) is -1.17. The molecule has 0 saturated heterocycles. The van der Waals surface area contributed by atoms with Gasteiger partial charge in [0.05, 0.1) is 7.85 Å². The zero-order valence-electron chi connectivity index (χ0n) is 4.66. The highest BCUT2D eigenvalue weighted by molar-refractivity contribution is 6.07. The maximum Gasteiger partial charge on any atom is 0.347 e. The summed E-state index contributed by atoms with van der Waals surface area (Å²) in [4.78, 5) is 19.7. The van der Waals surface area contributed by atoms with Crippen LogP contribution in [0.1, 0.15) is 5.82 Å². The third-order valence-corrected chi connectivity index (χ3v) is 0.833. The molecule has 4 nitrogen and oxygen atoms in total. The van der Waals surface area contributed by atoms with Gasteiger partial charge in [-0.3, -0.25) is 4.98 Å². The molecule has 0 fully saturated rings. The average Bonchev–Trinajstić information content (AvgIpc) is 1.88. The van der Waals surface area contributed by atoms with Gasteiger partial charge in [0.15, 0.2) is 0 Å². The number of aromatic nitrogens is 3. The topological polar surface area (TPSA) is 58.6 Å². The number of nitrogens with zero attached hydrogens (tertiary/aromatic N) is 2.